The number of hydrogen-bond acceptors (Lipinski definition) is 7. The molecule has 0 saturated carbocycles. The fourth-order valence-electron chi connectivity index (χ4n) is 3.12. The Morgan fingerprint density at radius 2 is 2.16 bits per heavy atom. The van der Waals surface area contributed by atoms with Gasteiger partial charge in [0.2, 0.25) is 5.88 Å². The molecule has 8 nitrogen and oxygen atoms in total. The molecule has 1 aliphatic rings. The molecule has 0 radical (unpaired) electrons. The summed E-state index contributed by atoms with van der Waals surface area (Å²) in [4.78, 5) is 30.2. The molecular weight excluding hydrogens is 457 g/mol. The Bertz CT molecular complexity index is 1230. The number of Topliss-reactive ketones (excluding diaryl/α,β-unsaturated/α-hetero) is 1. The smallest absolute Gasteiger partial charge is 0.346 e. The average Bonchev–Trinajstić information content (AvgIpc) is 3.37. The van der Waals surface area contributed by atoms with Crippen LogP contribution in [-0.2, 0) is 24.3 Å². The minimum atomic E-state index is -0.324. The second-order valence-electron chi connectivity index (χ2n) is 7.05. The monoisotopic (exact) mass is 477 g/mol. The van der Waals surface area contributed by atoms with E-state index < -0.39 is 0 Å². The lowest BCUT2D eigenvalue weighted by molar-refractivity contribution is -0.121. The normalized spacial score (nSPS) is 13.7. The van der Waals surface area contributed by atoms with E-state index in [0.717, 1.165) is 20.9 Å². The molecule has 3 aromatic heterocycles. The number of hydrogen-bond donors (Lipinski definition) is 1. The van der Waals surface area contributed by atoms with Gasteiger partial charge >= 0.3 is 5.69 Å². The fraction of sp³-hybridized carbons (Fsp3) is 0.238. The lowest BCUT2D eigenvalue weighted by atomic mass is 10.1. The van der Waals surface area contributed by atoms with Crippen LogP contribution >= 0.6 is 23.7 Å². The van der Waals surface area contributed by atoms with Crippen LogP contribution in [0.1, 0.15) is 20.9 Å². The first kappa shape index (κ1) is 23.6. The van der Waals surface area contributed by atoms with E-state index in [-0.39, 0.29) is 43.6 Å². The molecule has 4 rings (SSSR count). The van der Waals surface area contributed by atoms with Gasteiger partial charge in [0.15, 0.2) is 5.78 Å². The van der Waals surface area contributed by atoms with Crippen molar-refractivity contribution in [3.8, 4) is 5.88 Å². The number of ether oxygens (including phenoxy) is 1. The molecule has 0 atom stereocenters. The molecule has 0 aromatic carbocycles. The van der Waals surface area contributed by atoms with Crippen molar-refractivity contribution in [2.75, 3.05) is 13.2 Å². The van der Waals surface area contributed by atoms with Gasteiger partial charge in [0.25, 0.3) is 0 Å². The number of fused-ring (bicyclic) bond motifs is 1. The zero-order valence-corrected chi connectivity index (χ0v) is 18.6. The second kappa shape index (κ2) is 10.5. The highest BCUT2D eigenvalue weighted by Gasteiger charge is 2.17. The van der Waals surface area contributed by atoms with Gasteiger partial charge in [0.05, 0.1) is 19.4 Å². The van der Waals surface area contributed by atoms with Crippen molar-refractivity contribution in [3.63, 3.8) is 0 Å². The van der Waals surface area contributed by atoms with E-state index in [1.807, 2.05) is 30.4 Å². The van der Waals surface area contributed by atoms with Crippen LogP contribution in [0.25, 0.3) is 12.2 Å². The van der Waals surface area contributed by atoms with Gasteiger partial charge in [-0.25, -0.2) is 18.9 Å². The van der Waals surface area contributed by atoms with Crippen LogP contribution in [0.3, 0.4) is 0 Å². The highest BCUT2D eigenvalue weighted by atomic mass is 35.5. The van der Waals surface area contributed by atoms with Crippen LogP contribution in [0.15, 0.2) is 47.4 Å². The van der Waals surface area contributed by atoms with Gasteiger partial charge in [-0.05, 0) is 35.4 Å². The Hall–Kier alpha value is -3.08. The summed E-state index contributed by atoms with van der Waals surface area (Å²) in [6.07, 6.45) is 7.76. The van der Waals surface area contributed by atoms with E-state index >= 15 is 0 Å². The Kier molecular flexibility index (Phi) is 7.73. The van der Waals surface area contributed by atoms with E-state index in [0.29, 0.717) is 30.7 Å². The predicted molar refractivity (Wildman–Crippen MR) is 123 cm³/mol. The first-order valence-electron chi connectivity index (χ1n) is 9.56. The van der Waals surface area contributed by atoms with Crippen LogP contribution in [-0.4, -0.2) is 38.3 Å². The maximum atomic E-state index is 12.7. The molecule has 0 amide bonds. The Morgan fingerprint density at radius 1 is 1.31 bits per heavy atom. The van der Waals surface area contributed by atoms with Gasteiger partial charge in [-0.3, -0.25) is 9.36 Å². The summed E-state index contributed by atoms with van der Waals surface area (Å²) in [6, 6.07) is 5.81. The molecule has 0 unspecified atom stereocenters. The summed E-state index contributed by atoms with van der Waals surface area (Å²) in [7, 11) is 0. The molecule has 0 fully saturated rings. The second-order valence-corrected chi connectivity index (χ2v) is 8.24. The molecule has 3 aromatic rings. The highest BCUT2D eigenvalue weighted by Crippen LogP contribution is 2.24. The van der Waals surface area contributed by atoms with Crippen molar-refractivity contribution >= 4 is 41.7 Å². The SMILES string of the molecule is Cl.NC/C(=C\F)Cn1ncn(Cc2ccc(/C=C/c3cnc4c(c3)CC(=O)CO4)s2)c1=O. The molecular formula is C21H21ClFN5O3S. The number of pyridine rings is 1. The fourth-order valence-corrected chi connectivity index (χ4v) is 4.03. The van der Waals surface area contributed by atoms with Crippen molar-refractivity contribution in [1.29, 1.82) is 0 Å². The lowest BCUT2D eigenvalue weighted by Crippen LogP contribution is -2.26. The highest BCUT2D eigenvalue weighted by molar-refractivity contribution is 7.12. The molecule has 0 saturated heterocycles. The van der Waals surface area contributed by atoms with Gasteiger partial charge in [-0.2, -0.15) is 5.10 Å². The zero-order chi connectivity index (χ0) is 21.8. The third kappa shape index (κ3) is 5.39. The van der Waals surface area contributed by atoms with Gasteiger partial charge in [-0.15, -0.1) is 23.7 Å². The minimum absolute atomic E-state index is 0. The van der Waals surface area contributed by atoms with Crippen LogP contribution < -0.4 is 16.2 Å². The van der Waals surface area contributed by atoms with E-state index in [1.165, 1.54) is 15.6 Å². The Balaban J connectivity index is 0.00000289. The van der Waals surface area contributed by atoms with E-state index in [4.69, 9.17) is 10.5 Å². The standard InChI is InChI=1S/C21H20FN5O3S.ClH/c22-7-15(8-23)10-27-21(29)26(13-25-27)11-19-4-3-18(31-19)2-1-14-5-16-6-17(28)12-30-20(16)24-9-14;/h1-5,7,9,13H,6,8,10-12,23H2;1H/b2-1+,15-7+;. The van der Waals surface area contributed by atoms with E-state index in [9.17, 15) is 14.0 Å². The summed E-state index contributed by atoms with van der Waals surface area (Å²) < 4.78 is 20.7. The minimum Gasteiger partial charge on any atom is -0.469 e. The molecule has 11 heteroatoms. The zero-order valence-electron chi connectivity index (χ0n) is 16.9. The summed E-state index contributed by atoms with van der Waals surface area (Å²) in [6.45, 7) is 0.507. The third-order valence-corrected chi connectivity index (χ3v) is 5.75. The van der Waals surface area contributed by atoms with Crippen LogP contribution in [0, 0.1) is 0 Å². The van der Waals surface area contributed by atoms with Gasteiger partial charge in [0, 0.05) is 34.5 Å². The van der Waals surface area contributed by atoms with Gasteiger partial charge < -0.3 is 10.5 Å². The number of nitrogens with zero attached hydrogens (tertiary/aromatic N) is 4. The number of rotatable bonds is 7. The van der Waals surface area contributed by atoms with Crippen molar-refractivity contribution in [1.82, 2.24) is 19.3 Å². The first-order chi connectivity index (χ1) is 15.1. The number of halogens is 2. The lowest BCUT2D eigenvalue weighted by Gasteiger charge is -2.14. The molecule has 0 bridgehead atoms. The van der Waals surface area contributed by atoms with E-state index in [1.54, 1.807) is 17.5 Å². The number of ketones is 1. The maximum absolute atomic E-state index is 12.7. The van der Waals surface area contributed by atoms with Gasteiger partial charge in [-0.1, -0.05) is 6.08 Å². The number of carbonyl (C=O) groups is 1. The average molecular weight is 478 g/mol. The molecule has 4 heterocycles. The summed E-state index contributed by atoms with van der Waals surface area (Å²) in [5.41, 5.74) is 7.08. The quantitative estimate of drug-likeness (QED) is 0.560. The topological polar surface area (TPSA) is 105 Å². The molecule has 168 valence electrons. The molecule has 0 spiro atoms. The predicted octanol–water partition coefficient (Wildman–Crippen LogP) is 2.46. The number of carbonyl (C=O) groups excluding carboxylic acids is 1. The van der Waals surface area contributed by atoms with Gasteiger partial charge in [0.1, 0.15) is 12.9 Å². The number of nitrogens with two attached hydrogens (primary N) is 1. The molecule has 32 heavy (non-hydrogen) atoms. The molecule has 2 N–H and O–H groups in total. The van der Waals surface area contributed by atoms with Crippen LogP contribution in [0.5, 0.6) is 5.88 Å². The van der Waals surface area contributed by atoms with Crippen molar-refractivity contribution in [3.05, 3.63) is 74.0 Å². The Labute approximate surface area is 193 Å². The van der Waals surface area contributed by atoms with Crippen molar-refractivity contribution in [2.24, 2.45) is 5.73 Å². The molecule has 1 aliphatic heterocycles. The van der Waals surface area contributed by atoms with Crippen molar-refractivity contribution in [2.45, 2.75) is 19.5 Å². The first-order valence-corrected chi connectivity index (χ1v) is 10.4. The number of aromatic nitrogens is 4. The van der Waals surface area contributed by atoms with E-state index in [2.05, 4.69) is 10.1 Å². The Morgan fingerprint density at radius 3 is 2.94 bits per heavy atom. The van der Waals surface area contributed by atoms with Crippen LogP contribution in [0.2, 0.25) is 0 Å². The summed E-state index contributed by atoms with van der Waals surface area (Å²) in [5.74, 6) is 0.554. The maximum Gasteiger partial charge on any atom is 0.346 e. The third-order valence-electron chi connectivity index (χ3n) is 4.72. The van der Waals surface area contributed by atoms with Crippen molar-refractivity contribution < 1.29 is 13.9 Å². The largest absolute Gasteiger partial charge is 0.469 e. The summed E-state index contributed by atoms with van der Waals surface area (Å²) >= 11 is 1.54. The molecule has 0 aliphatic carbocycles. The number of thiophene rings is 1. The van der Waals surface area contributed by atoms with Crippen LogP contribution in [0.4, 0.5) is 4.39 Å². The summed E-state index contributed by atoms with van der Waals surface area (Å²) in [5, 5.41) is 4.02.